The summed E-state index contributed by atoms with van der Waals surface area (Å²) in [7, 11) is 0. The van der Waals surface area contributed by atoms with E-state index in [4.69, 9.17) is 4.74 Å². The molecule has 1 atom stereocenters. The molecule has 5 heteroatoms. The van der Waals surface area contributed by atoms with E-state index >= 15 is 0 Å². The Balaban J connectivity index is 4.34. The minimum atomic E-state index is 0.175. The topological polar surface area (TPSA) is 45.7 Å². The van der Waals surface area contributed by atoms with Crippen molar-refractivity contribution in [1.82, 2.24) is 10.6 Å². The van der Waals surface area contributed by atoms with Crippen LogP contribution in [0.5, 0.6) is 0 Å². The van der Waals surface area contributed by atoms with Gasteiger partial charge in [0.25, 0.3) is 0 Å². The highest BCUT2D eigenvalue weighted by Crippen LogP contribution is 2.20. The molecule has 126 valence electrons. The fourth-order valence-corrected chi connectivity index (χ4v) is 2.03. The zero-order chi connectivity index (χ0) is 16.3. The Morgan fingerprint density at radius 1 is 1.24 bits per heavy atom. The van der Waals surface area contributed by atoms with Gasteiger partial charge in [-0.3, -0.25) is 4.99 Å². The van der Waals surface area contributed by atoms with Crippen LogP contribution in [0.15, 0.2) is 4.99 Å². The molecule has 0 heterocycles. The van der Waals surface area contributed by atoms with Gasteiger partial charge >= 0.3 is 0 Å². The van der Waals surface area contributed by atoms with Crippen molar-refractivity contribution < 1.29 is 4.74 Å². The van der Waals surface area contributed by atoms with E-state index < -0.39 is 0 Å². The van der Waals surface area contributed by atoms with Gasteiger partial charge in [0.15, 0.2) is 5.96 Å². The minimum Gasteiger partial charge on any atom is -0.378 e. The number of thioether (sulfide) groups is 1. The molecule has 0 amide bonds. The Kier molecular flexibility index (Phi) is 11.0. The molecule has 0 rings (SSSR count). The smallest absolute Gasteiger partial charge is 0.191 e. The van der Waals surface area contributed by atoms with E-state index in [-0.39, 0.29) is 4.75 Å². The van der Waals surface area contributed by atoms with Crippen molar-refractivity contribution >= 4 is 17.7 Å². The van der Waals surface area contributed by atoms with Gasteiger partial charge < -0.3 is 15.4 Å². The molecule has 0 bridgehead atoms. The molecule has 0 aromatic rings. The maximum absolute atomic E-state index is 5.77. The third-order valence-electron chi connectivity index (χ3n) is 3.36. The number of hydrogen-bond donors (Lipinski definition) is 2. The largest absolute Gasteiger partial charge is 0.378 e. The van der Waals surface area contributed by atoms with E-state index in [1.54, 1.807) is 0 Å². The van der Waals surface area contributed by atoms with Gasteiger partial charge in [0, 0.05) is 24.4 Å². The lowest BCUT2D eigenvalue weighted by molar-refractivity contribution is 0.0258. The van der Waals surface area contributed by atoms with E-state index in [2.05, 4.69) is 63.4 Å². The molecule has 1 unspecified atom stereocenters. The maximum Gasteiger partial charge on any atom is 0.191 e. The third kappa shape index (κ3) is 10.0. The van der Waals surface area contributed by atoms with Crippen molar-refractivity contribution in [3.05, 3.63) is 0 Å². The summed E-state index contributed by atoms with van der Waals surface area (Å²) in [5.74, 6) is 1.44. The molecule has 0 radical (unpaired) electrons. The monoisotopic (exact) mass is 317 g/mol. The summed E-state index contributed by atoms with van der Waals surface area (Å²) in [5, 5.41) is 6.71. The molecule has 0 fully saturated rings. The highest BCUT2D eigenvalue weighted by atomic mass is 32.2. The summed E-state index contributed by atoms with van der Waals surface area (Å²) in [5.41, 5.74) is 0. The average Bonchev–Trinajstić information content (AvgIpc) is 2.43. The number of hydrogen-bond acceptors (Lipinski definition) is 3. The molecule has 4 nitrogen and oxygen atoms in total. The van der Waals surface area contributed by atoms with Gasteiger partial charge in [-0.05, 0) is 46.3 Å². The second kappa shape index (κ2) is 11.2. The predicted molar refractivity (Wildman–Crippen MR) is 96.4 cm³/mol. The molecule has 0 aliphatic carbocycles. The molecular formula is C16H35N3OS. The fraction of sp³-hybridized carbons (Fsp3) is 0.938. The summed E-state index contributed by atoms with van der Waals surface area (Å²) >= 11 is 1.84. The zero-order valence-electron chi connectivity index (χ0n) is 15.0. The summed E-state index contributed by atoms with van der Waals surface area (Å²) in [4.78, 5) is 4.68. The first-order valence-electron chi connectivity index (χ1n) is 8.05. The normalized spacial score (nSPS) is 14.4. The van der Waals surface area contributed by atoms with Crippen LogP contribution < -0.4 is 10.6 Å². The molecule has 2 N–H and O–H groups in total. The lowest BCUT2D eigenvalue weighted by Gasteiger charge is -2.22. The molecule has 0 aromatic carbocycles. The quantitative estimate of drug-likeness (QED) is 0.480. The van der Waals surface area contributed by atoms with Gasteiger partial charge in [0.05, 0.1) is 12.6 Å². The van der Waals surface area contributed by atoms with Crippen molar-refractivity contribution in [2.24, 2.45) is 10.9 Å². The summed E-state index contributed by atoms with van der Waals surface area (Å²) in [6.45, 7) is 16.3. The van der Waals surface area contributed by atoms with Crippen LogP contribution >= 0.6 is 11.8 Å². The Morgan fingerprint density at radius 2 is 1.90 bits per heavy atom. The second-order valence-corrected chi connectivity index (χ2v) is 7.63. The number of guanidine groups is 1. The maximum atomic E-state index is 5.77. The first kappa shape index (κ1) is 20.6. The molecular weight excluding hydrogens is 282 g/mol. The van der Waals surface area contributed by atoms with Crippen molar-refractivity contribution in [1.29, 1.82) is 0 Å². The van der Waals surface area contributed by atoms with E-state index in [9.17, 15) is 0 Å². The van der Waals surface area contributed by atoms with Crippen LogP contribution in [-0.2, 0) is 4.74 Å². The van der Waals surface area contributed by atoms with Gasteiger partial charge in [-0.1, -0.05) is 13.8 Å². The predicted octanol–water partition coefficient (Wildman–Crippen LogP) is 3.13. The molecule has 0 aromatic heterocycles. The van der Waals surface area contributed by atoms with Gasteiger partial charge in [-0.2, -0.15) is 11.8 Å². The van der Waals surface area contributed by atoms with Crippen LogP contribution in [0.25, 0.3) is 0 Å². The molecule has 0 saturated carbocycles. The van der Waals surface area contributed by atoms with Crippen molar-refractivity contribution in [2.75, 3.05) is 32.5 Å². The first-order valence-corrected chi connectivity index (χ1v) is 9.27. The highest BCUT2D eigenvalue weighted by Gasteiger charge is 2.16. The number of ether oxygens (including phenoxy) is 1. The van der Waals surface area contributed by atoms with Gasteiger partial charge in [-0.25, -0.2) is 0 Å². The van der Waals surface area contributed by atoms with Crippen LogP contribution in [-0.4, -0.2) is 49.3 Å². The van der Waals surface area contributed by atoms with Crippen molar-refractivity contribution in [2.45, 2.75) is 58.8 Å². The summed E-state index contributed by atoms with van der Waals surface area (Å²) in [6, 6.07) is 0. The number of nitrogens with one attached hydrogen (secondary N) is 2. The second-order valence-electron chi connectivity index (χ2n) is 6.11. The Bertz CT molecular complexity index is 293. The molecule has 0 aliphatic rings. The Morgan fingerprint density at radius 3 is 2.38 bits per heavy atom. The summed E-state index contributed by atoms with van der Waals surface area (Å²) < 4.78 is 5.95. The number of nitrogens with zero attached hydrogens (tertiary/aromatic N) is 1. The Hall–Kier alpha value is -0.420. The van der Waals surface area contributed by atoms with E-state index in [0.29, 0.717) is 12.0 Å². The van der Waals surface area contributed by atoms with E-state index in [0.717, 1.165) is 38.6 Å². The van der Waals surface area contributed by atoms with Crippen LogP contribution in [0.4, 0.5) is 0 Å². The number of aliphatic imine (C=N–C) groups is 1. The van der Waals surface area contributed by atoms with Gasteiger partial charge in [-0.15, -0.1) is 0 Å². The SMILES string of the molecule is CCNC(=NCC(C)(C)SC)NCCC(OCC)C(C)C. The lowest BCUT2D eigenvalue weighted by atomic mass is 10.0. The standard InChI is InChI=1S/C16H35N3OS/c1-8-17-15(19-12-16(5,6)21-7)18-11-10-14(13(3)4)20-9-2/h13-14H,8-12H2,1-7H3,(H2,17,18,19). The highest BCUT2D eigenvalue weighted by molar-refractivity contribution is 7.99. The lowest BCUT2D eigenvalue weighted by Crippen LogP contribution is -2.40. The van der Waals surface area contributed by atoms with Crippen molar-refractivity contribution in [3.63, 3.8) is 0 Å². The average molecular weight is 318 g/mol. The van der Waals surface area contributed by atoms with Crippen LogP contribution in [0.2, 0.25) is 0 Å². The zero-order valence-corrected chi connectivity index (χ0v) is 15.8. The summed E-state index contributed by atoms with van der Waals surface area (Å²) in [6.07, 6.45) is 3.44. The number of rotatable bonds is 10. The van der Waals surface area contributed by atoms with E-state index in [1.807, 2.05) is 11.8 Å². The third-order valence-corrected chi connectivity index (χ3v) is 4.59. The van der Waals surface area contributed by atoms with Crippen molar-refractivity contribution in [3.8, 4) is 0 Å². The van der Waals surface area contributed by atoms with Gasteiger partial charge in [0.1, 0.15) is 0 Å². The van der Waals surface area contributed by atoms with Crippen LogP contribution in [0.3, 0.4) is 0 Å². The minimum absolute atomic E-state index is 0.175. The molecule has 0 saturated heterocycles. The first-order chi connectivity index (χ1) is 9.86. The fourth-order valence-electron chi connectivity index (χ4n) is 1.83. The van der Waals surface area contributed by atoms with Gasteiger partial charge in [0.2, 0.25) is 0 Å². The van der Waals surface area contributed by atoms with Crippen LogP contribution in [0, 0.1) is 5.92 Å². The van der Waals surface area contributed by atoms with E-state index in [1.165, 1.54) is 0 Å². The van der Waals surface area contributed by atoms with Crippen LogP contribution in [0.1, 0.15) is 48.0 Å². The Labute approximate surface area is 135 Å². The molecule has 21 heavy (non-hydrogen) atoms. The molecule has 0 aliphatic heterocycles. The molecule has 0 spiro atoms.